The van der Waals surface area contributed by atoms with Crippen molar-refractivity contribution in [2.75, 3.05) is 19.5 Å². The van der Waals surface area contributed by atoms with Crippen molar-refractivity contribution in [1.82, 2.24) is 14.5 Å². The molecule has 10 heteroatoms. The molecule has 192 valence electrons. The Hall–Kier alpha value is -4.96. The molecule has 0 saturated heterocycles. The summed E-state index contributed by atoms with van der Waals surface area (Å²) >= 11 is 0. The number of halogens is 1. The van der Waals surface area contributed by atoms with Crippen LogP contribution in [0.5, 0.6) is 23.1 Å². The predicted octanol–water partition coefficient (Wildman–Crippen LogP) is 4.83. The Bertz CT molecular complexity index is 1640. The van der Waals surface area contributed by atoms with E-state index in [1.165, 1.54) is 41.2 Å². The molecule has 3 aromatic carbocycles. The molecule has 1 unspecified atom stereocenters. The van der Waals surface area contributed by atoms with Gasteiger partial charge >= 0.3 is 0 Å². The molecule has 0 fully saturated rings. The van der Waals surface area contributed by atoms with E-state index in [9.17, 15) is 14.3 Å². The number of pyridine rings is 1. The summed E-state index contributed by atoms with van der Waals surface area (Å²) in [6.45, 7) is 0. The second kappa shape index (κ2) is 10.6. The summed E-state index contributed by atoms with van der Waals surface area (Å²) in [4.78, 5) is 21.5. The van der Waals surface area contributed by atoms with Crippen LogP contribution in [0.3, 0.4) is 0 Å². The van der Waals surface area contributed by atoms with Crippen molar-refractivity contribution in [3.05, 3.63) is 107 Å². The van der Waals surface area contributed by atoms with Gasteiger partial charge in [-0.05, 0) is 66.7 Å². The minimum Gasteiger partial charge on any atom is -0.493 e. The summed E-state index contributed by atoms with van der Waals surface area (Å²) in [6, 6.07) is 19.0. The van der Waals surface area contributed by atoms with Crippen LogP contribution in [0.2, 0.25) is 0 Å². The first-order chi connectivity index (χ1) is 18.5. The maximum absolute atomic E-state index is 13.3. The van der Waals surface area contributed by atoms with E-state index in [2.05, 4.69) is 15.3 Å². The van der Waals surface area contributed by atoms with E-state index in [1.807, 2.05) is 0 Å². The van der Waals surface area contributed by atoms with E-state index in [1.54, 1.807) is 62.9 Å². The highest BCUT2D eigenvalue weighted by molar-refractivity contribution is 5.87. The summed E-state index contributed by atoms with van der Waals surface area (Å²) in [6.07, 6.45) is 1.67. The number of nitrogens with zero attached hydrogens (tertiary/aromatic N) is 3. The summed E-state index contributed by atoms with van der Waals surface area (Å²) in [5, 5.41) is 14.3. The molecule has 1 atom stereocenters. The van der Waals surface area contributed by atoms with E-state index in [4.69, 9.17) is 14.2 Å². The van der Waals surface area contributed by atoms with Crippen LogP contribution in [-0.2, 0) is 0 Å². The topological polar surface area (TPSA) is 108 Å². The van der Waals surface area contributed by atoms with Gasteiger partial charge in [-0.3, -0.25) is 9.36 Å². The van der Waals surface area contributed by atoms with Crippen molar-refractivity contribution < 1.29 is 23.7 Å². The first-order valence-corrected chi connectivity index (χ1v) is 11.5. The van der Waals surface area contributed by atoms with Gasteiger partial charge < -0.3 is 24.6 Å². The lowest BCUT2D eigenvalue weighted by molar-refractivity contribution is 0.206. The summed E-state index contributed by atoms with van der Waals surface area (Å²) in [7, 11) is 3.09. The van der Waals surface area contributed by atoms with Crippen LogP contribution in [0, 0.1) is 5.82 Å². The van der Waals surface area contributed by atoms with Crippen molar-refractivity contribution in [2.24, 2.45) is 0 Å². The van der Waals surface area contributed by atoms with Crippen LogP contribution in [0.15, 0.2) is 90.1 Å². The minimum atomic E-state index is -1.28. The lowest BCUT2D eigenvalue weighted by Gasteiger charge is -2.16. The molecule has 2 aromatic heterocycles. The van der Waals surface area contributed by atoms with E-state index >= 15 is 0 Å². The second-order valence-electron chi connectivity index (χ2n) is 8.19. The third-order valence-electron chi connectivity index (χ3n) is 5.85. The fourth-order valence-corrected chi connectivity index (χ4v) is 3.93. The lowest BCUT2D eigenvalue weighted by Crippen LogP contribution is -2.26. The quantitative estimate of drug-likeness (QED) is 0.284. The van der Waals surface area contributed by atoms with E-state index in [0.717, 1.165) is 0 Å². The Morgan fingerprint density at radius 1 is 0.947 bits per heavy atom. The number of fused-ring (bicyclic) bond motifs is 1. The number of rotatable bonds is 8. The smallest absolute Gasteiger partial charge is 0.262 e. The third-order valence-corrected chi connectivity index (χ3v) is 5.85. The van der Waals surface area contributed by atoms with Gasteiger partial charge in [0.25, 0.3) is 5.56 Å². The summed E-state index contributed by atoms with van der Waals surface area (Å²) in [5.41, 5.74) is 1.37. The highest BCUT2D eigenvalue weighted by atomic mass is 19.1. The number of aromatic nitrogens is 3. The van der Waals surface area contributed by atoms with Crippen LogP contribution in [0.25, 0.3) is 16.6 Å². The molecule has 0 amide bonds. The molecule has 0 aliphatic rings. The molecule has 0 aliphatic carbocycles. The number of hydrogen-bond donors (Lipinski definition) is 2. The Morgan fingerprint density at radius 3 is 2.37 bits per heavy atom. The highest BCUT2D eigenvalue weighted by Crippen LogP contribution is 2.36. The van der Waals surface area contributed by atoms with Gasteiger partial charge in [-0.15, -0.1) is 0 Å². The van der Waals surface area contributed by atoms with Crippen molar-refractivity contribution in [3.63, 3.8) is 0 Å². The Balaban J connectivity index is 1.34. The van der Waals surface area contributed by atoms with Crippen molar-refractivity contribution in [1.29, 1.82) is 0 Å². The van der Waals surface area contributed by atoms with Gasteiger partial charge in [-0.1, -0.05) is 0 Å². The summed E-state index contributed by atoms with van der Waals surface area (Å²) in [5.74, 6) is 1.49. The average Bonchev–Trinajstić information content (AvgIpc) is 2.94. The van der Waals surface area contributed by atoms with E-state index < -0.39 is 17.6 Å². The number of ether oxygens (including phenoxy) is 3. The first-order valence-electron chi connectivity index (χ1n) is 11.5. The zero-order valence-electron chi connectivity index (χ0n) is 20.5. The van der Waals surface area contributed by atoms with Gasteiger partial charge in [-0.2, -0.15) is 0 Å². The predicted molar refractivity (Wildman–Crippen MR) is 140 cm³/mol. The standard InChI is InChI=1S/C28H23FN4O5/c1-36-24-14-22-23(15-25(24)37-2)30-16-31-27(22)38-20-11-7-18(8-12-20)32-26(34)21-4-3-13-33(28(21)35)19-9-5-17(29)6-10-19/h3-16,26,32,34H,1-2H3. The number of anilines is 1. The third kappa shape index (κ3) is 4.97. The summed E-state index contributed by atoms with van der Waals surface area (Å²) < 4.78 is 31.3. The zero-order chi connectivity index (χ0) is 26.6. The molecule has 5 aromatic rings. The number of hydrogen-bond acceptors (Lipinski definition) is 8. The number of nitrogens with one attached hydrogen (secondary N) is 1. The molecule has 2 heterocycles. The zero-order valence-corrected chi connectivity index (χ0v) is 20.5. The van der Waals surface area contributed by atoms with Crippen LogP contribution >= 0.6 is 0 Å². The average molecular weight is 515 g/mol. The van der Waals surface area contributed by atoms with Gasteiger partial charge in [0.1, 0.15) is 17.9 Å². The molecular formula is C28H23FN4O5. The van der Waals surface area contributed by atoms with Gasteiger partial charge in [0.2, 0.25) is 5.88 Å². The van der Waals surface area contributed by atoms with Crippen molar-refractivity contribution in [2.45, 2.75) is 6.23 Å². The van der Waals surface area contributed by atoms with E-state index in [0.29, 0.717) is 45.4 Å². The van der Waals surface area contributed by atoms with Crippen molar-refractivity contribution in [3.8, 4) is 28.8 Å². The maximum atomic E-state index is 13.3. The largest absolute Gasteiger partial charge is 0.493 e. The van der Waals surface area contributed by atoms with Crippen LogP contribution < -0.4 is 25.1 Å². The fraction of sp³-hybridized carbons (Fsp3) is 0.107. The minimum absolute atomic E-state index is 0.133. The van der Waals surface area contributed by atoms with Gasteiger partial charge in [0, 0.05) is 23.6 Å². The molecule has 0 bridgehead atoms. The van der Waals surface area contributed by atoms with Crippen LogP contribution in [-0.4, -0.2) is 33.9 Å². The van der Waals surface area contributed by atoms with Gasteiger partial charge in [-0.25, -0.2) is 14.4 Å². The maximum Gasteiger partial charge on any atom is 0.262 e. The molecule has 0 aliphatic heterocycles. The molecule has 9 nitrogen and oxygen atoms in total. The lowest BCUT2D eigenvalue weighted by atomic mass is 10.2. The Kier molecular flexibility index (Phi) is 6.88. The first kappa shape index (κ1) is 24.7. The Labute approximate surface area is 216 Å². The SMILES string of the molecule is COc1cc2ncnc(Oc3ccc(NC(O)c4cccn(-c5ccc(F)cc5)c4=O)cc3)c2cc1OC. The molecule has 0 spiro atoms. The number of aliphatic hydroxyl groups is 1. The molecule has 0 radical (unpaired) electrons. The Morgan fingerprint density at radius 2 is 1.66 bits per heavy atom. The highest BCUT2D eigenvalue weighted by Gasteiger charge is 2.15. The second-order valence-corrected chi connectivity index (χ2v) is 8.19. The number of aliphatic hydroxyl groups excluding tert-OH is 1. The normalized spacial score (nSPS) is 11.7. The molecular weight excluding hydrogens is 491 g/mol. The molecule has 2 N–H and O–H groups in total. The molecule has 5 rings (SSSR count). The number of benzene rings is 3. The van der Waals surface area contributed by atoms with Gasteiger partial charge in [0.05, 0.1) is 30.7 Å². The van der Waals surface area contributed by atoms with Gasteiger partial charge in [0.15, 0.2) is 17.7 Å². The van der Waals surface area contributed by atoms with Crippen LogP contribution in [0.1, 0.15) is 11.8 Å². The molecule has 0 saturated carbocycles. The monoisotopic (exact) mass is 514 g/mol. The van der Waals surface area contributed by atoms with E-state index in [-0.39, 0.29) is 5.56 Å². The van der Waals surface area contributed by atoms with Crippen LogP contribution in [0.4, 0.5) is 10.1 Å². The fourth-order valence-electron chi connectivity index (χ4n) is 3.93. The van der Waals surface area contributed by atoms with Crippen molar-refractivity contribution >= 4 is 16.6 Å². The molecule has 38 heavy (non-hydrogen) atoms. The number of methoxy groups -OCH3 is 2.